The van der Waals surface area contributed by atoms with Crippen LogP contribution in [0, 0.1) is 11.3 Å². The number of halogens is 1. The highest BCUT2D eigenvalue weighted by Crippen LogP contribution is 2.13. The average Bonchev–Trinajstić information content (AvgIpc) is 2.64. The monoisotopic (exact) mass is 270 g/mol. The third-order valence-corrected chi connectivity index (χ3v) is 2.22. The van der Waals surface area contributed by atoms with Gasteiger partial charge in [0.1, 0.15) is 0 Å². The lowest BCUT2D eigenvalue weighted by Crippen LogP contribution is -2.23. The molecule has 0 bridgehead atoms. The number of unbranched alkanes of at least 4 members (excludes halogenated alkanes) is 2. The lowest BCUT2D eigenvalue weighted by atomic mass is 10.2. The van der Waals surface area contributed by atoms with Crippen LogP contribution in [-0.2, 0) is 0 Å². The average molecular weight is 271 g/mol. The van der Waals surface area contributed by atoms with Crippen LogP contribution in [0.2, 0.25) is 0 Å². The number of furan rings is 1. The molecule has 1 heterocycles. The largest absolute Gasteiger partial charge is 0.444 e. The summed E-state index contributed by atoms with van der Waals surface area (Å²) in [6.07, 6.45) is 2.14. The van der Waals surface area contributed by atoms with Crippen molar-refractivity contribution >= 4 is 21.8 Å². The van der Waals surface area contributed by atoms with E-state index in [1.807, 2.05) is 0 Å². The predicted molar refractivity (Wildman–Crippen MR) is 58.2 cm³/mol. The van der Waals surface area contributed by atoms with E-state index in [-0.39, 0.29) is 5.91 Å². The van der Waals surface area contributed by atoms with Crippen LogP contribution in [0.5, 0.6) is 0 Å². The Kier molecular flexibility index (Phi) is 4.91. The SMILES string of the molecule is N#CCCCCNC(=O)c1ccc(Br)o1. The van der Waals surface area contributed by atoms with E-state index in [1.54, 1.807) is 12.1 Å². The minimum Gasteiger partial charge on any atom is -0.444 e. The van der Waals surface area contributed by atoms with Gasteiger partial charge in [-0.2, -0.15) is 5.26 Å². The summed E-state index contributed by atoms with van der Waals surface area (Å²) in [5, 5.41) is 11.0. The van der Waals surface area contributed by atoms with Crippen molar-refractivity contribution in [1.29, 1.82) is 5.26 Å². The Bertz CT molecular complexity index is 368. The molecule has 15 heavy (non-hydrogen) atoms. The van der Waals surface area contributed by atoms with Gasteiger partial charge in [-0.1, -0.05) is 0 Å². The Balaban J connectivity index is 2.23. The summed E-state index contributed by atoms with van der Waals surface area (Å²) in [7, 11) is 0. The summed E-state index contributed by atoms with van der Waals surface area (Å²) in [5.74, 6) is 0.0693. The molecule has 0 aliphatic carbocycles. The second-order valence-corrected chi connectivity index (χ2v) is 3.76. The molecule has 0 saturated heterocycles. The van der Waals surface area contributed by atoms with E-state index in [1.165, 1.54) is 0 Å². The van der Waals surface area contributed by atoms with Gasteiger partial charge in [-0.25, -0.2) is 0 Å². The van der Waals surface area contributed by atoms with Gasteiger partial charge < -0.3 is 9.73 Å². The zero-order valence-corrected chi connectivity index (χ0v) is 9.71. The first-order valence-electron chi connectivity index (χ1n) is 4.64. The van der Waals surface area contributed by atoms with Crippen LogP contribution in [0.3, 0.4) is 0 Å². The number of carbonyl (C=O) groups is 1. The lowest BCUT2D eigenvalue weighted by molar-refractivity contribution is 0.0924. The Morgan fingerprint density at radius 1 is 1.53 bits per heavy atom. The minimum atomic E-state index is -0.224. The fraction of sp³-hybridized carbons (Fsp3) is 0.400. The van der Waals surface area contributed by atoms with Crippen LogP contribution in [-0.4, -0.2) is 12.5 Å². The quantitative estimate of drug-likeness (QED) is 0.836. The summed E-state index contributed by atoms with van der Waals surface area (Å²) < 4.78 is 5.61. The Morgan fingerprint density at radius 3 is 2.93 bits per heavy atom. The molecular formula is C10H11BrN2O2. The molecule has 1 amide bonds. The second-order valence-electron chi connectivity index (χ2n) is 2.97. The molecule has 0 aliphatic rings. The smallest absolute Gasteiger partial charge is 0.287 e. The van der Waals surface area contributed by atoms with Gasteiger partial charge in [0.05, 0.1) is 6.07 Å². The highest BCUT2D eigenvalue weighted by molar-refractivity contribution is 9.10. The molecule has 0 unspecified atom stereocenters. The summed E-state index contributed by atoms with van der Waals surface area (Å²) in [6.45, 7) is 0.568. The summed E-state index contributed by atoms with van der Waals surface area (Å²) in [4.78, 5) is 11.4. The number of hydrogen-bond donors (Lipinski definition) is 1. The van der Waals surface area contributed by atoms with Crippen LogP contribution in [0.15, 0.2) is 21.2 Å². The number of amides is 1. The van der Waals surface area contributed by atoms with Gasteiger partial charge in [0, 0.05) is 13.0 Å². The third kappa shape index (κ3) is 4.17. The first kappa shape index (κ1) is 11.8. The van der Waals surface area contributed by atoms with Crippen molar-refractivity contribution in [2.45, 2.75) is 19.3 Å². The van der Waals surface area contributed by atoms with Gasteiger partial charge in [-0.05, 0) is 40.9 Å². The first-order chi connectivity index (χ1) is 7.24. The molecule has 0 aliphatic heterocycles. The molecule has 1 rings (SSSR count). The highest BCUT2D eigenvalue weighted by Gasteiger charge is 2.08. The van der Waals surface area contributed by atoms with E-state index in [0.717, 1.165) is 12.8 Å². The maximum absolute atomic E-state index is 11.4. The van der Waals surface area contributed by atoms with Crippen LogP contribution < -0.4 is 5.32 Å². The molecule has 1 N–H and O–H groups in total. The molecule has 1 aromatic rings. The van der Waals surface area contributed by atoms with Crippen molar-refractivity contribution in [3.8, 4) is 6.07 Å². The van der Waals surface area contributed by atoms with E-state index in [2.05, 4.69) is 27.3 Å². The molecule has 0 fully saturated rings. The van der Waals surface area contributed by atoms with Gasteiger partial charge in [-0.15, -0.1) is 0 Å². The maximum Gasteiger partial charge on any atom is 0.287 e. The molecule has 0 aromatic carbocycles. The van der Waals surface area contributed by atoms with Crippen molar-refractivity contribution in [3.63, 3.8) is 0 Å². The third-order valence-electron chi connectivity index (χ3n) is 1.80. The Labute approximate surface area is 96.4 Å². The summed E-state index contributed by atoms with van der Waals surface area (Å²) in [5.41, 5.74) is 0. The molecular weight excluding hydrogens is 260 g/mol. The summed E-state index contributed by atoms with van der Waals surface area (Å²) in [6, 6.07) is 5.33. The molecule has 80 valence electrons. The minimum absolute atomic E-state index is 0.224. The number of nitriles is 1. The molecule has 0 saturated carbocycles. The topological polar surface area (TPSA) is 66.0 Å². The standard InChI is InChI=1S/C10H11BrN2O2/c11-9-5-4-8(15-9)10(14)13-7-3-1-2-6-12/h4-5H,1-3,7H2,(H,13,14). The fourth-order valence-corrected chi connectivity index (χ4v) is 1.36. The molecule has 1 aromatic heterocycles. The Hall–Kier alpha value is -1.28. The molecule has 0 spiro atoms. The second kappa shape index (κ2) is 6.25. The van der Waals surface area contributed by atoms with Gasteiger partial charge in [0.25, 0.3) is 5.91 Å². The zero-order valence-electron chi connectivity index (χ0n) is 8.12. The number of rotatable bonds is 5. The highest BCUT2D eigenvalue weighted by atomic mass is 79.9. The number of hydrogen-bond acceptors (Lipinski definition) is 3. The van der Waals surface area contributed by atoms with Crippen molar-refractivity contribution in [3.05, 3.63) is 22.6 Å². The van der Waals surface area contributed by atoms with Crippen LogP contribution >= 0.6 is 15.9 Å². The predicted octanol–water partition coefficient (Wildman–Crippen LogP) is 2.47. The molecule has 4 nitrogen and oxygen atoms in total. The van der Waals surface area contributed by atoms with E-state index in [0.29, 0.717) is 23.4 Å². The normalized spacial score (nSPS) is 9.60. The molecule has 0 atom stereocenters. The van der Waals surface area contributed by atoms with Crippen LogP contribution in [0.4, 0.5) is 0 Å². The van der Waals surface area contributed by atoms with Crippen molar-refractivity contribution in [2.75, 3.05) is 6.54 Å². The maximum atomic E-state index is 11.4. The number of nitrogens with one attached hydrogen (secondary N) is 1. The zero-order chi connectivity index (χ0) is 11.1. The van der Waals surface area contributed by atoms with E-state index in [9.17, 15) is 4.79 Å². The van der Waals surface area contributed by atoms with Crippen LogP contribution in [0.25, 0.3) is 0 Å². The number of nitrogens with zero attached hydrogens (tertiary/aromatic N) is 1. The summed E-state index contributed by atoms with van der Waals surface area (Å²) >= 11 is 3.12. The van der Waals surface area contributed by atoms with E-state index >= 15 is 0 Å². The number of carbonyl (C=O) groups excluding carboxylic acids is 1. The van der Waals surface area contributed by atoms with E-state index in [4.69, 9.17) is 9.68 Å². The van der Waals surface area contributed by atoms with Gasteiger partial charge in [0.2, 0.25) is 0 Å². The van der Waals surface area contributed by atoms with E-state index < -0.39 is 0 Å². The van der Waals surface area contributed by atoms with Gasteiger partial charge in [-0.3, -0.25) is 4.79 Å². The Morgan fingerprint density at radius 2 is 2.33 bits per heavy atom. The van der Waals surface area contributed by atoms with Gasteiger partial charge in [0.15, 0.2) is 10.4 Å². The van der Waals surface area contributed by atoms with Crippen LogP contribution in [0.1, 0.15) is 29.8 Å². The fourth-order valence-electron chi connectivity index (χ4n) is 1.05. The van der Waals surface area contributed by atoms with Crippen molar-refractivity contribution in [2.24, 2.45) is 0 Å². The first-order valence-corrected chi connectivity index (χ1v) is 5.44. The molecule has 0 radical (unpaired) electrons. The van der Waals surface area contributed by atoms with Crippen molar-refractivity contribution in [1.82, 2.24) is 5.32 Å². The lowest BCUT2D eigenvalue weighted by Gasteiger charge is -2.00. The molecule has 5 heteroatoms. The van der Waals surface area contributed by atoms with Crippen molar-refractivity contribution < 1.29 is 9.21 Å². The van der Waals surface area contributed by atoms with Gasteiger partial charge >= 0.3 is 0 Å².